The molecule has 0 fully saturated rings. The second-order valence-corrected chi connectivity index (χ2v) is 8.93. The number of nitrogen functional groups attached to an aromatic ring is 1. The summed E-state index contributed by atoms with van der Waals surface area (Å²) >= 11 is 0. The summed E-state index contributed by atoms with van der Waals surface area (Å²) in [5, 5.41) is 0. The standard InChI is InChI=1S/C28H34N4O2/c1-4-6-7-8-11-18-34-28(33)24-25-27(31-23-13-10-9-12-22(23)30-25)32(26(24)29)21-16-14-20(15-17-21)19(3)5-2/h9-10,12-17,19H,4-8,11,18,29H2,1-3H3/t19-/m0/s1. The average molecular weight is 459 g/mol. The third-order valence-corrected chi connectivity index (χ3v) is 6.52. The summed E-state index contributed by atoms with van der Waals surface area (Å²) in [7, 11) is 0. The maximum Gasteiger partial charge on any atom is 0.344 e. The summed E-state index contributed by atoms with van der Waals surface area (Å²) in [4.78, 5) is 22.8. The highest BCUT2D eigenvalue weighted by molar-refractivity contribution is 6.09. The summed E-state index contributed by atoms with van der Waals surface area (Å²) in [5.41, 5.74) is 11.5. The van der Waals surface area contributed by atoms with Gasteiger partial charge in [-0.15, -0.1) is 0 Å². The van der Waals surface area contributed by atoms with Crippen LogP contribution >= 0.6 is 0 Å². The number of anilines is 1. The molecule has 34 heavy (non-hydrogen) atoms. The lowest BCUT2D eigenvalue weighted by Crippen LogP contribution is -2.10. The van der Waals surface area contributed by atoms with E-state index < -0.39 is 5.97 Å². The summed E-state index contributed by atoms with van der Waals surface area (Å²) in [6, 6.07) is 15.9. The maximum absolute atomic E-state index is 13.1. The molecule has 0 bridgehead atoms. The van der Waals surface area contributed by atoms with Crippen LogP contribution in [0.4, 0.5) is 5.82 Å². The van der Waals surface area contributed by atoms with Crippen LogP contribution in [0.25, 0.3) is 27.9 Å². The van der Waals surface area contributed by atoms with E-state index in [0.29, 0.717) is 35.0 Å². The molecular formula is C28H34N4O2. The molecule has 0 radical (unpaired) electrons. The van der Waals surface area contributed by atoms with Crippen LogP contribution in [0.15, 0.2) is 48.5 Å². The van der Waals surface area contributed by atoms with Gasteiger partial charge in [-0.2, -0.15) is 0 Å². The Morgan fingerprint density at radius 1 is 0.971 bits per heavy atom. The summed E-state index contributed by atoms with van der Waals surface area (Å²) < 4.78 is 7.44. The fourth-order valence-electron chi connectivity index (χ4n) is 4.25. The van der Waals surface area contributed by atoms with Gasteiger partial charge in [0.25, 0.3) is 0 Å². The molecule has 6 nitrogen and oxygen atoms in total. The normalized spacial score (nSPS) is 12.3. The maximum atomic E-state index is 13.1. The molecule has 0 unspecified atom stereocenters. The van der Waals surface area contributed by atoms with Crippen molar-refractivity contribution in [2.75, 3.05) is 12.3 Å². The van der Waals surface area contributed by atoms with Crippen molar-refractivity contribution in [3.05, 3.63) is 59.7 Å². The zero-order valence-corrected chi connectivity index (χ0v) is 20.4. The summed E-state index contributed by atoms with van der Waals surface area (Å²) in [6.07, 6.45) is 6.49. The Bertz CT molecular complexity index is 1280. The number of para-hydroxylation sites is 2. The number of aromatic nitrogens is 3. The molecule has 0 spiro atoms. The van der Waals surface area contributed by atoms with Crippen LogP contribution in [-0.4, -0.2) is 27.1 Å². The first-order valence-electron chi connectivity index (χ1n) is 12.4. The first-order valence-corrected chi connectivity index (χ1v) is 12.4. The van der Waals surface area contributed by atoms with Crippen molar-refractivity contribution in [1.29, 1.82) is 0 Å². The molecule has 2 N–H and O–H groups in total. The van der Waals surface area contributed by atoms with E-state index in [-0.39, 0.29) is 5.56 Å². The van der Waals surface area contributed by atoms with E-state index in [2.05, 4.69) is 32.9 Å². The van der Waals surface area contributed by atoms with E-state index in [0.717, 1.165) is 36.9 Å². The third kappa shape index (κ3) is 4.76. The number of nitrogens with two attached hydrogens (primary N) is 1. The van der Waals surface area contributed by atoms with Crippen LogP contribution in [-0.2, 0) is 4.74 Å². The number of carbonyl (C=O) groups is 1. The SMILES string of the molecule is CCCCCCCOC(=O)c1c(N)n(-c2ccc([C@@H](C)CC)cc2)c2nc3ccccc3nc12. The molecule has 2 heterocycles. The van der Waals surface area contributed by atoms with Crippen molar-refractivity contribution in [1.82, 2.24) is 14.5 Å². The number of hydrogen-bond acceptors (Lipinski definition) is 5. The number of esters is 1. The van der Waals surface area contributed by atoms with Gasteiger partial charge < -0.3 is 10.5 Å². The smallest absolute Gasteiger partial charge is 0.344 e. The number of fused-ring (bicyclic) bond motifs is 2. The summed E-state index contributed by atoms with van der Waals surface area (Å²) in [6.45, 7) is 6.95. The monoisotopic (exact) mass is 458 g/mol. The minimum absolute atomic E-state index is 0.285. The highest BCUT2D eigenvalue weighted by Gasteiger charge is 2.26. The van der Waals surface area contributed by atoms with Gasteiger partial charge in [0.2, 0.25) is 0 Å². The van der Waals surface area contributed by atoms with Gasteiger partial charge in [-0.05, 0) is 48.6 Å². The van der Waals surface area contributed by atoms with Gasteiger partial charge in [0.1, 0.15) is 16.9 Å². The molecule has 2 aromatic heterocycles. The van der Waals surface area contributed by atoms with E-state index in [1.54, 1.807) is 0 Å². The van der Waals surface area contributed by atoms with Crippen LogP contribution in [0.2, 0.25) is 0 Å². The Hall–Kier alpha value is -3.41. The van der Waals surface area contributed by atoms with Crippen LogP contribution in [0.5, 0.6) is 0 Å². The summed E-state index contributed by atoms with van der Waals surface area (Å²) in [5.74, 6) is 0.328. The zero-order valence-electron chi connectivity index (χ0n) is 20.4. The number of carbonyl (C=O) groups excluding carboxylic acids is 1. The van der Waals surface area contributed by atoms with Crippen molar-refractivity contribution >= 4 is 34.0 Å². The van der Waals surface area contributed by atoms with Gasteiger partial charge in [-0.1, -0.05) is 70.7 Å². The number of unbranched alkanes of at least 4 members (excludes halogenated alkanes) is 4. The largest absolute Gasteiger partial charge is 0.462 e. The van der Waals surface area contributed by atoms with Crippen LogP contribution in [0.1, 0.15) is 81.1 Å². The fourth-order valence-corrected chi connectivity index (χ4v) is 4.25. The lowest BCUT2D eigenvalue weighted by Gasteiger charge is -2.12. The van der Waals surface area contributed by atoms with Crippen molar-refractivity contribution in [3.63, 3.8) is 0 Å². The highest BCUT2D eigenvalue weighted by Crippen LogP contribution is 2.32. The molecule has 0 saturated carbocycles. The van der Waals surface area contributed by atoms with Crippen molar-refractivity contribution in [2.45, 2.75) is 65.2 Å². The topological polar surface area (TPSA) is 83.0 Å². The second kappa shape index (κ2) is 10.7. The van der Waals surface area contributed by atoms with Crippen molar-refractivity contribution < 1.29 is 9.53 Å². The fraction of sp³-hybridized carbons (Fsp3) is 0.393. The Balaban J connectivity index is 1.74. The Labute approximate surface area is 201 Å². The Morgan fingerprint density at radius 2 is 1.65 bits per heavy atom. The predicted molar refractivity (Wildman–Crippen MR) is 139 cm³/mol. The van der Waals surface area contributed by atoms with Crippen molar-refractivity contribution in [3.8, 4) is 5.69 Å². The minimum atomic E-state index is -0.447. The van der Waals surface area contributed by atoms with Gasteiger partial charge >= 0.3 is 5.97 Å². The molecule has 1 atom stereocenters. The number of benzene rings is 2. The second-order valence-electron chi connectivity index (χ2n) is 8.93. The van der Waals surface area contributed by atoms with Gasteiger partial charge in [-0.25, -0.2) is 14.8 Å². The first kappa shape index (κ1) is 23.7. The molecule has 0 aliphatic rings. The lowest BCUT2D eigenvalue weighted by molar-refractivity contribution is 0.0501. The van der Waals surface area contributed by atoms with Gasteiger partial charge in [-0.3, -0.25) is 4.57 Å². The van der Waals surface area contributed by atoms with Gasteiger partial charge in [0.15, 0.2) is 5.65 Å². The number of hydrogen-bond donors (Lipinski definition) is 1. The van der Waals surface area contributed by atoms with Crippen LogP contribution in [0.3, 0.4) is 0 Å². The minimum Gasteiger partial charge on any atom is -0.462 e. The van der Waals surface area contributed by atoms with Crippen molar-refractivity contribution in [2.24, 2.45) is 0 Å². The third-order valence-electron chi connectivity index (χ3n) is 6.52. The zero-order chi connectivity index (χ0) is 24.1. The molecule has 4 rings (SSSR count). The molecule has 0 saturated heterocycles. The van der Waals surface area contributed by atoms with Crippen LogP contribution in [0, 0.1) is 0 Å². The Kier molecular flexibility index (Phi) is 7.46. The molecule has 0 aliphatic carbocycles. The number of rotatable bonds is 10. The molecule has 6 heteroatoms. The van der Waals surface area contributed by atoms with E-state index >= 15 is 0 Å². The van der Waals surface area contributed by atoms with Crippen LogP contribution < -0.4 is 5.73 Å². The molecule has 178 valence electrons. The Morgan fingerprint density at radius 3 is 2.32 bits per heavy atom. The predicted octanol–water partition coefficient (Wildman–Crippen LogP) is 6.80. The van der Waals surface area contributed by atoms with Gasteiger partial charge in [0, 0.05) is 5.69 Å². The first-order chi connectivity index (χ1) is 16.5. The molecular weight excluding hydrogens is 424 g/mol. The lowest BCUT2D eigenvalue weighted by atomic mass is 9.99. The quantitative estimate of drug-likeness (QED) is 0.209. The van der Waals surface area contributed by atoms with E-state index in [9.17, 15) is 4.79 Å². The number of ether oxygens (including phenoxy) is 1. The number of nitrogens with zero attached hydrogens (tertiary/aromatic N) is 3. The highest BCUT2D eigenvalue weighted by atomic mass is 16.5. The van der Waals surface area contributed by atoms with E-state index in [1.807, 2.05) is 41.0 Å². The van der Waals surface area contributed by atoms with E-state index in [4.69, 9.17) is 20.4 Å². The molecule has 0 aliphatic heterocycles. The average Bonchev–Trinajstić information content (AvgIpc) is 3.14. The molecule has 2 aromatic carbocycles. The van der Waals surface area contributed by atoms with Gasteiger partial charge in [0.05, 0.1) is 17.6 Å². The molecule has 0 amide bonds. The molecule has 4 aromatic rings. The van der Waals surface area contributed by atoms with E-state index in [1.165, 1.54) is 18.4 Å².